The minimum absolute atomic E-state index is 0.660. The van der Waals surface area contributed by atoms with E-state index in [2.05, 4.69) is 25.5 Å². The molecule has 4 heteroatoms. The summed E-state index contributed by atoms with van der Waals surface area (Å²) in [6.07, 6.45) is 0.0972. The molecule has 3 nitrogen and oxygen atoms in total. The Morgan fingerprint density at radius 3 is 2.50 bits per heavy atom. The van der Waals surface area contributed by atoms with E-state index in [4.69, 9.17) is 5.11 Å². The summed E-state index contributed by atoms with van der Waals surface area (Å²) in [5.74, 6) is 2.19. The van der Waals surface area contributed by atoms with Crippen molar-refractivity contribution in [3.63, 3.8) is 0 Å². The fourth-order valence-corrected chi connectivity index (χ4v) is 1.41. The van der Waals surface area contributed by atoms with Gasteiger partial charge < -0.3 is 5.11 Å². The Kier molecular flexibility index (Phi) is 5.98. The van der Waals surface area contributed by atoms with Crippen LogP contribution in [-0.2, 0) is 0 Å². The van der Waals surface area contributed by atoms with E-state index in [9.17, 15) is 4.79 Å². The second-order valence-electron chi connectivity index (χ2n) is 3.27. The van der Waals surface area contributed by atoms with E-state index in [-0.39, 0.29) is 0 Å². The average molecular weight is 191 g/mol. The number of nitrogens with one attached hydrogen (secondary N) is 1. The molecule has 0 aliphatic carbocycles. The lowest BCUT2D eigenvalue weighted by molar-refractivity contribution is 0.202. The summed E-state index contributed by atoms with van der Waals surface area (Å²) in [4.78, 5) is 10.0. The second kappa shape index (κ2) is 6.17. The molecule has 0 radical (unpaired) electrons. The third-order valence-corrected chi connectivity index (χ3v) is 2.73. The first-order chi connectivity index (χ1) is 5.54. The highest BCUT2D eigenvalue weighted by Crippen LogP contribution is 2.15. The molecular weight excluding hydrogens is 174 g/mol. The monoisotopic (exact) mass is 191 g/mol. The van der Waals surface area contributed by atoms with Gasteiger partial charge in [-0.05, 0) is 30.2 Å². The van der Waals surface area contributed by atoms with Crippen LogP contribution in [0.25, 0.3) is 0 Å². The Labute approximate surface area is 78.1 Å². The molecule has 0 spiro atoms. The van der Waals surface area contributed by atoms with Gasteiger partial charge in [-0.15, -0.1) is 0 Å². The summed E-state index contributed by atoms with van der Waals surface area (Å²) in [5, 5.41) is 8.26. The first-order valence-electron chi connectivity index (χ1n) is 4.14. The smallest absolute Gasteiger partial charge is 0.414 e. The van der Waals surface area contributed by atoms with Crippen molar-refractivity contribution in [3.8, 4) is 0 Å². The van der Waals surface area contributed by atoms with Crippen molar-refractivity contribution >= 4 is 18.0 Å². The standard InChI is InChI=1S/C8H17NO2S/c1-6(2)7(3)4-5-12-9-8(10)11/h6-7,9H,4-5H2,1-3H3,(H,10,11). The summed E-state index contributed by atoms with van der Waals surface area (Å²) < 4.78 is 2.27. The van der Waals surface area contributed by atoms with Crippen molar-refractivity contribution in [2.75, 3.05) is 5.75 Å². The normalized spacial score (nSPS) is 13.0. The van der Waals surface area contributed by atoms with Gasteiger partial charge in [0.05, 0.1) is 0 Å². The van der Waals surface area contributed by atoms with Crippen LogP contribution in [0.4, 0.5) is 4.79 Å². The minimum atomic E-state index is -0.961. The quantitative estimate of drug-likeness (QED) is 0.518. The SMILES string of the molecule is CC(C)C(C)CCSNC(=O)O. The largest absolute Gasteiger partial charge is 0.464 e. The highest BCUT2D eigenvalue weighted by Gasteiger charge is 2.06. The van der Waals surface area contributed by atoms with Crippen LogP contribution in [0, 0.1) is 11.8 Å². The Bertz CT molecular complexity index is 139. The van der Waals surface area contributed by atoms with Crippen LogP contribution in [-0.4, -0.2) is 17.0 Å². The predicted molar refractivity (Wildman–Crippen MR) is 52.2 cm³/mol. The van der Waals surface area contributed by atoms with E-state index < -0.39 is 6.09 Å². The van der Waals surface area contributed by atoms with Crippen LogP contribution in [0.15, 0.2) is 0 Å². The first-order valence-corrected chi connectivity index (χ1v) is 5.13. The Balaban J connectivity index is 3.25. The molecule has 0 aromatic rings. The topological polar surface area (TPSA) is 49.3 Å². The molecule has 12 heavy (non-hydrogen) atoms. The lowest BCUT2D eigenvalue weighted by Gasteiger charge is -2.14. The van der Waals surface area contributed by atoms with E-state index in [1.807, 2.05) is 0 Å². The molecule has 0 aromatic heterocycles. The van der Waals surface area contributed by atoms with Crippen LogP contribution in [0.1, 0.15) is 27.2 Å². The van der Waals surface area contributed by atoms with Crippen molar-refractivity contribution in [3.05, 3.63) is 0 Å². The van der Waals surface area contributed by atoms with Gasteiger partial charge in [0.15, 0.2) is 0 Å². The molecule has 0 rings (SSSR count). The molecule has 0 fully saturated rings. The maximum absolute atomic E-state index is 10.0. The first kappa shape index (κ1) is 11.6. The Morgan fingerprint density at radius 2 is 2.08 bits per heavy atom. The summed E-state index contributed by atoms with van der Waals surface area (Å²) in [6.45, 7) is 6.55. The second-order valence-corrected chi connectivity index (χ2v) is 4.17. The molecule has 0 heterocycles. The van der Waals surface area contributed by atoms with Crippen molar-refractivity contribution in [1.29, 1.82) is 0 Å². The highest BCUT2D eigenvalue weighted by molar-refractivity contribution is 7.97. The molecule has 72 valence electrons. The molecule has 0 saturated heterocycles. The summed E-state index contributed by atoms with van der Waals surface area (Å²) in [6, 6.07) is 0. The van der Waals surface area contributed by atoms with Crippen molar-refractivity contribution in [2.45, 2.75) is 27.2 Å². The number of hydrogen-bond donors (Lipinski definition) is 2. The molecule has 2 N–H and O–H groups in total. The highest BCUT2D eigenvalue weighted by atomic mass is 32.2. The molecule has 0 aliphatic rings. The van der Waals surface area contributed by atoms with E-state index in [0.717, 1.165) is 12.2 Å². The van der Waals surface area contributed by atoms with E-state index in [1.54, 1.807) is 0 Å². The fourth-order valence-electron chi connectivity index (χ4n) is 0.691. The Morgan fingerprint density at radius 1 is 1.50 bits per heavy atom. The van der Waals surface area contributed by atoms with Crippen LogP contribution in [0.5, 0.6) is 0 Å². The van der Waals surface area contributed by atoms with Gasteiger partial charge in [0.2, 0.25) is 0 Å². The minimum Gasteiger partial charge on any atom is -0.464 e. The molecule has 0 saturated carbocycles. The summed E-state index contributed by atoms with van der Waals surface area (Å²) in [5.41, 5.74) is 0. The van der Waals surface area contributed by atoms with Gasteiger partial charge in [-0.2, -0.15) is 0 Å². The summed E-state index contributed by atoms with van der Waals surface area (Å²) >= 11 is 1.26. The van der Waals surface area contributed by atoms with Crippen molar-refractivity contribution in [2.24, 2.45) is 11.8 Å². The van der Waals surface area contributed by atoms with Crippen molar-refractivity contribution in [1.82, 2.24) is 4.72 Å². The zero-order chi connectivity index (χ0) is 9.56. The zero-order valence-corrected chi connectivity index (χ0v) is 8.65. The lowest BCUT2D eigenvalue weighted by Crippen LogP contribution is -2.14. The molecular formula is C8H17NO2S. The number of carboxylic acid groups (broad SMARTS) is 1. The summed E-state index contributed by atoms with van der Waals surface area (Å²) in [7, 11) is 0. The molecule has 1 unspecified atom stereocenters. The Hall–Kier alpha value is -0.380. The number of amides is 1. The predicted octanol–water partition coefficient (Wildman–Crippen LogP) is 2.58. The number of rotatable bonds is 5. The lowest BCUT2D eigenvalue weighted by atomic mass is 9.96. The fraction of sp³-hybridized carbons (Fsp3) is 0.875. The molecule has 0 aliphatic heterocycles. The van der Waals surface area contributed by atoms with Crippen molar-refractivity contribution < 1.29 is 9.90 Å². The van der Waals surface area contributed by atoms with E-state index in [0.29, 0.717) is 11.8 Å². The van der Waals surface area contributed by atoms with E-state index in [1.165, 1.54) is 11.9 Å². The number of hydrogen-bond acceptors (Lipinski definition) is 2. The van der Waals surface area contributed by atoms with Gasteiger partial charge in [-0.3, -0.25) is 4.72 Å². The van der Waals surface area contributed by atoms with Gasteiger partial charge in [-0.25, -0.2) is 4.79 Å². The van der Waals surface area contributed by atoms with Gasteiger partial charge >= 0.3 is 6.09 Å². The van der Waals surface area contributed by atoms with Gasteiger partial charge in [0.1, 0.15) is 0 Å². The van der Waals surface area contributed by atoms with Gasteiger partial charge in [0.25, 0.3) is 0 Å². The zero-order valence-electron chi connectivity index (χ0n) is 7.83. The van der Waals surface area contributed by atoms with Crippen LogP contribution < -0.4 is 4.72 Å². The molecule has 0 aromatic carbocycles. The third kappa shape index (κ3) is 6.34. The molecule has 1 atom stereocenters. The molecule has 0 bridgehead atoms. The number of carbonyl (C=O) groups is 1. The van der Waals surface area contributed by atoms with Crippen LogP contribution in [0.2, 0.25) is 0 Å². The van der Waals surface area contributed by atoms with Gasteiger partial charge in [0, 0.05) is 5.75 Å². The van der Waals surface area contributed by atoms with Gasteiger partial charge in [-0.1, -0.05) is 20.8 Å². The maximum atomic E-state index is 10.0. The maximum Gasteiger partial charge on any atom is 0.414 e. The van der Waals surface area contributed by atoms with Crippen LogP contribution in [0.3, 0.4) is 0 Å². The van der Waals surface area contributed by atoms with Crippen LogP contribution >= 0.6 is 11.9 Å². The molecule has 1 amide bonds. The average Bonchev–Trinajstić information content (AvgIpc) is 1.97. The van der Waals surface area contributed by atoms with E-state index >= 15 is 0 Å². The third-order valence-electron chi connectivity index (χ3n) is 1.97.